The van der Waals surface area contributed by atoms with Gasteiger partial charge >= 0.3 is 5.97 Å². The van der Waals surface area contributed by atoms with Crippen LogP contribution in [0.5, 0.6) is 6.01 Å². The Bertz CT molecular complexity index is 1340. The number of hydrogen-bond donors (Lipinski definition) is 2. The summed E-state index contributed by atoms with van der Waals surface area (Å²) in [6.07, 6.45) is 0. The molecule has 174 valence electrons. The lowest BCUT2D eigenvalue weighted by atomic mass is 9.98. The molecule has 8 nitrogen and oxygen atoms in total. The highest BCUT2D eigenvalue weighted by Gasteiger charge is 2.20. The Balaban J connectivity index is 1.73. The molecule has 0 atom stereocenters. The summed E-state index contributed by atoms with van der Waals surface area (Å²) < 4.78 is 12.9. The number of carbonyl (C=O) groups excluding carboxylic acids is 1. The molecule has 0 saturated heterocycles. The average Bonchev–Trinajstić information content (AvgIpc) is 3.21. The standard InChI is InChI=1S/C26H26N4O4/c1-3-33-25(31)21-10-7-11-22-23(21)30(26(28-22)34-4-2)16-17-12-14-18(15-13-17)19-8-5-6-9-20(19)24(27)29-32/h5-15,32H,3-4,16H2,1-2H3,(H2,27,29). The second-order valence-electron chi connectivity index (χ2n) is 7.54. The smallest absolute Gasteiger partial charge is 0.340 e. The molecule has 0 spiro atoms. The molecule has 1 aromatic heterocycles. The molecule has 34 heavy (non-hydrogen) atoms. The third kappa shape index (κ3) is 4.43. The Labute approximate surface area is 197 Å². The number of rotatable bonds is 8. The van der Waals surface area contributed by atoms with Crippen molar-refractivity contribution in [3.8, 4) is 17.1 Å². The maximum absolute atomic E-state index is 12.6. The third-order valence-electron chi connectivity index (χ3n) is 5.42. The highest BCUT2D eigenvalue weighted by Crippen LogP contribution is 2.28. The summed E-state index contributed by atoms with van der Waals surface area (Å²) in [4.78, 5) is 17.2. The number of imidazole rings is 1. The molecule has 0 unspecified atom stereocenters. The van der Waals surface area contributed by atoms with Crippen LogP contribution in [-0.4, -0.2) is 39.8 Å². The van der Waals surface area contributed by atoms with Gasteiger partial charge in [-0.05, 0) is 42.7 Å². The Morgan fingerprint density at radius 1 is 1.00 bits per heavy atom. The van der Waals surface area contributed by atoms with E-state index in [4.69, 9.17) is 20.4 Å². The number of ether oxygens (including phenoxy) is 2. The maximum atomic E-state index is 12.6. The molecular weight excluding hydrogens is 432 g/mol. The molecule has 0 aliphatic rings. The van der Waals surface area contributed by atoms with Crippen LogP contribution in [0.1, 0.15) is 35.3 Å². The van der Waals surface area contributed by atoms with E-state index in [9.17, 15) is 4.79 Å². The number of amidine groups is 1. The molecule has 3 N–H and O–H groups in total. The summed E-state index contributed by atoms with van der Waals surface area (Å²) in [5.74, 6) is -0.343. The molecule has 0 amide bonds. The molecule has 1 heterocycles. The highest BCUT2D eigenvalue weighted by atomic mass is 16.5. The molecule has 0 fully saturated rings. The Kier molecular flexibility index (Phi) is 6.77. The highest BCUT2D eigenvalue weighted by molar-refractivity contribution is 6.03. The minimum atomic E-state index is -0.396. The average molecular weight is 459 g/mol. The first kappa shape index (κ1) is 22.8. The monoisotopic (exact) mass is 458 g/mol. The van der Waals surface area contributed by atoms with Crippen molar-refractivity contribution in [2.24, 2.45) is 10.9 Å². The van der Waals surface area contributed by atoms with Gasteiger partial charge < -0.3 is 20.4 Å². The lowest BCUT2D eigenvalue weighted by Gasteiger charge is -2.13. The quantitative estimate of drug-likeness (QED) is 0.133. The van der Waals surface area contributed by atoms with Crippen LogP contribution in [0.2, 0.25) is 0 Å². The Morgan fingerprint density at radius 2 is 1.74 bits per heavy atom. The number of para-hydroxylation sites is 1. The number of benzene rings is 3. The second-order valence-corrected chi connectivity index (χ2v) is 7.54. The summed E-state index contributed by atoms with van der Waals surface area (Å²) in [5.41, 5.74) is 11.1. The first-order valence-corrected chi connectivity index (χ1v) is 11.0. The largest absolute Gasteiger partial charge is 0.465 e. The minimum absolute atomic E-state index is 0.0532. The molecular formula is C26H26N4O4. The molecule has 0 aliphatic heterocycles. The number of esters is 1. The van der Waals surface area contributed by atoms with Gasteiger partial charge in [-0.2, -0.15) is 4.98 Å². The number of oxime groups is 1. The minimum Gasteiger partial charge on any atom is -0.465 e. The van der Waals surface area contributed by atoms with Crippen LogP contribution in [0, 0.1) is 0 Å². The molecule has 4 rings (SSSR count). The van der Waals surface area contributed by atoms with Crippen molar-refractivity contribution in [1.29, 1.82) is 0 Å². The van der Waals surface area contributed by atoms with Crippen molar-refractivity contribution < 1.29 is 19.5 Å². The van der Waals surface area contributed by atoms with Crippen LogP contribution in [0.3, 0.4) is 0 Å². The van der Waals surface area contributed by atoms with Gasteiger partial charge in [0.15, 0.2) is 5.84 Å². The maximum Gasteiger partial charge on any atom is 0.340 e. The zero-order chi connectivity index (χ0) is 24.1. The molecule has 8 heteroatoms. The fourth-order valence-electron chi connectivity index (χ4n) is 3.91. The van der Waals surface area contributed by atoms with Crippen LogP contribution in [0.15, 0.2) is 71.9 Å². The third-order valence-corrected chi connectivity index (χ3v) is 5.42. The van der Waals surface area contributed by atoms with Crippen molar-refractivity contribution in [2.75, 3.05) is 13.2 Å². The Morgan fingerprint density at radius 3 is 2.44 bits per heavy atom. The van der Waals surface area contributed by atoms with Crippen molar-refractivity contribution >= 4 is 22.8 Å². The van der Waals surface area contributed by atoms with Gasteiger partial charge in [-0.15, -0.1) is 0 Å². The molecule has 0 aliphatic carbocycles. The lowest BCUT2D eigenvalue weighted by Crippen LogP contribution is -2.14. The predicted molar refractivity (Wildman–Crippen MR) is 130 cm³/mol. The van der Waals surface area contributed by atoms with E-state index in [0.29, 0.717) is 41.3 Å². The van der Waals surface area contributed by atoms with Crippen LogP contribution in [0.25, 0.3) is 22.2 Å². The van der Waals surface area contributed by atoms with Gasteiger partial charge in [0.25, 0.3) is 6.01 Å². The van der Waals surface area contributed by atoms with E-state index in [0.717, 1.165) is 16.7 Å². The Hall–Kier alpha value is -4.33. The number of hydrogen-bond acceptors (Lipinski definition) is 6. The molecule has 4 aromatic rings. The normalized spacial score (nSPS) is 11.5. The van der Waals surface area contributed by atoms with E-state index in [1.165, 1.54) is 0 Å². The number of nitrogens with two attached hydrogens (primary N) is 1. The van der Waals surface area contributed by atoms with Gasteiger partial charge in [0.05, 0.1) is 36.4 Å². The van der Waals surface area contributed by atoms with Gasteiger partial charge in [0, 0.05) is 5.56 Å². The fourth-order valence-corrected chi connectivity index (χ4v) is 3.91. The number of carbonyl (C=O) groups is 1. The van der Waals surface area contributed by atoms with Crippen LogP contribution in [0.4, 0.5) is 0 Å². The van der Waals surface area contributed by atoms with Crippen LogP contribution in [-0.2, 0) is 11.3 Å². The van der Waals surface area contributed by atoms with E-state index in [2.05, 4.69) is 10.1 Å². The number of nitrogens with zero attached hydrogens (tertiary/aromatic N) is 3. The van der Waals surface area contributed by atoms with Gasteiger partial charge in [-0.3, -0.25) is 4.57 Å². The van der Waals surface area contributed by atoms with Crippen LogP contribution < -0.4 is 10.5 Å². The summed E-state index contributed by atoms with van der Waals surface area (Å²) >= 11 is 0. The molecule has 0 saturated carbocycles. The van der Waals surface area contributed by atoms with Crippen molar-refractivity contribution in [3.63, 3.8) is 0 Å². The van der Waals surface area contributed by atoms with Crippen molar-refractivity contribution in [2.45, 2.75) is 20.4 Å². The van der Waals surface area contributed by atoms with Gasteiger partial charge in [0.1, 0.15) is 0 Å². The topological polar surface area (TPSA) is 112 Å². The lowest BCUT2D eigenvalue weighted by molar-refractivity contribution is 0.0528. The van der Waals surface area contributed by atoms with E-state index >= 15 is 0 Å². The van der Waals surface area contributed by atoms with Crippen molar-refractivity contribution in [3.05, 3.63) is 83.4 Å². The predicted octanol–water partition coefficient (Wildman–Crippen LogP) is 4.42. The molecule has 0 radical (unpaired) electrons. The number of aromatic nitrogens is 2. The van der Waals surface area contributed by atoms with Gasteiger partial charge in [-0.25, -0.2) is 4.79 Å². The van der Waals surface area contributed by atoms with E-state index in [1.807, 2.05) is 60.0 Å². The van der Waals surface area contributed by atoms with E-state index in [-0.39, 0.29) is 12.4 Å². The SMILES string of the molecule is CCOC(=O)c1cccc2nc(OCC)n(Cc3ccc(-c4ccccc4/C(N)=N/O)cc3)c12. The first-order chi connectivity index (χ1) is 16.6. The molecule has 0 bridgehead atoms. The van der Waals surface area contributed by atoms with Gasteiger partial charge in [0.2, 0.25) is 0 Å². The summed E-state index contributed by atoms with van der Waals surface area (Å²) in [6, 6.07) is 21.2. The summed E-state index contributed by atoms with van der Waals surface area (Å²) in [6.45, 7) is 4.85. The van der Waals surface area contributed by atoms with E-state index in [1.54, 1.807) is 25.1 Å². The van der Waals surface area contributed by atoms with Crippen molar-refractivity contribution in [1.82, 2.24) is 9.55 Å². The summed E-state index contributed by atoms with van der Waals surface area (Å²) in [7, 11) is 0. The zero-order valence-corrected chi connectivity index (χ0v) is 19.1. The van der Waals surface area contributed by atoms with Gasteiger partial charge in [-0.1, -0.05) is 59.8 Å². The zero-order valence-electron chi connectivity index (χ0n) is 19.1. The first-order valence-electron chi connectivity index (χ1n) is 11.0. The number of fused-ring (bicyclic) bond motifs is 1. The summed E-state index contributed by atoms with van der Waals surface area (Å²) in [5, 5.41) is 12.2. The molecule has 3 aromatic carbocycles. The van der Waals surface area contributed by atoms with E-state index < -0.39 is 5.97 Å². The fraction of sp³-hybridized carbons (Fsp3) is 0.192. The second kappa shape index (κ2) is 10.1. The van der Waals surface area contributed by atoms with Crippen LogP contribution >= 0.6 is 0 Å².